The summed E-state index contributed by atoms with van der Waals surface area (Å²) in [4.78, 5) is 13.0. The summed E-state index contributed by atoms with van der Waals surface area (Å²) in [6.45, 7) is 2.09. The molecule has 1 aliphatic heterocycles. The average Bonchev–Trinajstić information content (AvgIpc) is 2.85. The van der Waals surface area contributed by atoms with Gasteiger partial charge in [0.2, 0.25) is 5.88 Å². The van der Waals surface area contributed by atoms with Gasteiger partial charge in [0.15, 0.2) is 0 Å². The molecule has 1 fully saturated rings. The number of pyridine rings is 1. The fourth-order valence-corrected chi connectivity index (χ4v) is 3.66. The predicted octanol–water partition coefficient (Wildman–Crippen LogP) is 4.91. The van der Waals surface area contributed by atoms with E-state index in [1.807, 2.05) is 54.6 Å². The average molecular weight is 422 g/mol. The number of hydrogen-bond donors (Lipinski definition) is 2. The van der Waals surface area contributed by atoms with E-state index in [9.17, 15) is 0 Å². The van der Waals surface area contributed by atoms with Gasteiger partial charge in [-0.1, -0.05) is 17.9 Å². The summed E-state index contributed by atoms with van der Waals surface area (Å²) in [6, 6.07) is 19.4. The first-order valence-corrected chi connectivity index (χ1v) is 10.8. The van der Waals surface area contributed by atoms with Crippen molar-refractivity contribution in [3.8, 4) is 23.5 Å². The highest BCUT2D eigenvalue weighted by Gasteiger charge is 2.10. The summed E-state index contributed by atoms with van der Waals surface area (Å²) in [7, 11) is 0. The first-order valence-electron chi connectivity index (χ1n) is 10.8. The SMILES string of the molecule is C(#CC1CCNCC1)c1ccc2ncnc(Nc3ccc(Oc4ccccn4)cc3)c2c1. The van der Waals surface area contributed by atoms with Crippen LogP contribution in [0.15, 0.2) is 73.2 Å². The Labute approximate surface area is 187 Å². The number of nitrogens with zero attached hydrogens (tertiary/aromatic N) is 3. The maximum Gasteiger partial charge on any atom is 0.219 e. The first-order chi connectivity index (χ1) is 15.8. The Morgan fingerprint density at radius 2 is 1.81 bits per heavy atom. The Balaban J connectivity index is 1.35. The van der Waals surface area contributed by atoms with Gasteiger partial charge in [0.05, 0.1) is 5.52 Å². The highest BCUT2D eigenvalue weighted by atomic mass is 16.5. The van der Waals surface area contributed by atoms with E-state index in [1.54, 1.807) is 12.5 Å². The molecule has 0 spiro atoms. The molecule has 0 radical (unpaired) electrons. The van der Waals surface area contributed by atoms with Gasteiger partial charge >= 0.3 is 0 Å². The zero-order chi connectivity index (χ0) is 21.6. The van der Waals surface area contributed by atoms with Crippen LogP contribution >= 0.6 is 0 Å². The molecule has 6 heteroatoms. The number of aromatic nitrogens is 3. The van der Waals surface area contributed by atoms with Crippen LogP contribution in [0.3, 0.4) is 0 Å². The van der Waals surface area contributed by atoms with E-state index in [-0.39, 0.29) is 0 Å². The van der Waals surface area contributed by atoms with Gasteiger partial charge < -0.3 is 15.4 Å². The van der Waals surface area contributed by atoms with E-state index in [0.717, 1.165) is 59.7 Å². The van der Waals surface area contributed by atoms with Crippen molar-refractivity contribution in [3.05, 3.63) is 78.8 Å². The first kappa shape index (κ1) is 20.0. The van der Waals surface area contributed by atoms with Crippen molar-refractivity contribution >= 4 is 22.4 Å². The van der Waals surface area contributed by atoms with Gasteiger partial charge in [0, 0.05) is 34.8 Å². The second-order valence-corrected chi connectivity index (χ2v) is 7.67. The molecule has 1 aliphatic rings. The Morgan fingerprint density at radius 3 is 2.62 bits per heavy atom. The number of hydrogen-bond acceptors (Lipinski definition) is 6. The largest absolute Gasteiger partial charge is 0.439 e. The van der Waals surface area contributed by atoms with E-state index in [1.165, 1.54) is 0 Å². The minimum absolute atomic E-state index is 0.461. The quantitative estimate of drug-likeness (QED) is 0.456. The van der Waals surface area contributed by atoms with Crippen LogP contribution in [0.1, 0.15) is 18.4 Å². The van der Waals surface area contributed by atoms with Crippen LogP contribution in [0.25, 0.3) is 10.9 Å². The molecule has 5 rings (SSSR count). The molecule has 0 unspecified atom stereocenters. The third-order valence-electron chi connectivity index (χ3n) is 5.37. The predicted molar refractivity (Wildman–Crippen MR) is 126 cm³/mol. The van der Waals surface area contributed by atoms with E-state index in [4.69, 9.17) is 4.74 Å². The molecule has 0 bridgehead atoms. The van der Waals surface area contributed by atoms with Crippen molar-refractivity contribution < 1.29 is 4.74 Å². The van der Waals surface area contributed by atoms with Crippen LogP contribution < -0.4 is 15.4 Å². The molecule has 1 saturated heterocycles. The van der Waals surface area contributed by atoms with Crippen molar-refractivity contribution in [2.75, 3.05) is 18.4 Å². The van der Waals surface area contributed by atoms with Gasteiger partial charge in [0.25, 0.3) is 0 Å². The molecule has 2 N–H and O–H groups in total. The zero-order valence-electron chi connectivity index (χ0n) is 17.6. The summed E-state index contributed by atoms with van der Waals surface area (Å²) in [5, 5.41) is 7.71. The molecule has 3 heterocycles. The Kier molecular flexibility index (Phi) is 5.91. The van der Waals surface area contributed by atoms with E-state index >= 15 is 0 Å². The van der Waals surface area contributed by atoms with Gasteiger partial charge in [-0.3, -0.25) is 0 Å². The maximum absolute atomic E-state index is 5.76. The minimum atomic E-state index is 0.461. The standard InChI is InChI=1S/C26H23N5O/c1-2-14-28-25(3-1)32-22-9-7-21(8-10-22)31-26-23-17-20(6-11-24(23)29-18-30-26)5-4-19-12-15-27-16-13-19/h1-3,6-11,14,17-19,27H,12-13,15-16H2,(H,29,30,31). The lowest BCUT2D eigenvalue weighted by molar-refractivity contribution is 0.447. The lowest BCUT2D eigenvalue weighted by Gasteiger charge is -2.17. The van der Waals surface area contributed by atoms with E-state index in [2.05, 4.69) is 43.5 Å². The lowest BCUT2D eigenvalue weighted by atomic mass is 9.98. The fraction of sp³-hybridized carbons (Fsp3) is 0.192. The van der Waals surface area contributed by atoms with Crippen molar-refractivity contribution in [2.24, 2.45) is 5.92 Å². The molecule has 0 aliphatic carbocycles. The van der Waals surface area contributed by atoms with Crippen LogP contribution in [0.4, 0.5) is 11.5 Å². The molecular formula is C26H23N5O. The second kappa shape index (κ2) is 9.46. The minimum Gasteiger partial charge on any atom is -0.439 e. The number of nitrogens with one attached hydrogen (secondary N) is 2. The molecule has 0 saturated carbocycles. The van der Waals surface area contributed by atoms with Gasteiger partial charge in [0.1, 0.15) is 17.9 Å². The summed E-state index contributed by atoms with van der Waals surface area (Å²) in [5.74, 6) is 9.27. The molecule has 2 aromatic heterocycles. The van der Waals surface area contributed by atoms with Crippen molar-refractivity contribution in [1.82, 2.24) is 20.3 Å². The molecular weight excluding hydrogens is 398 g/mol. The van der Waals surface area contributed by atoms with E-state index in [0.29, 0.717) is 11.8 Å². The van der Waals surface area contributed by atoms with Crippen LogP contribution in [-0.4, -0.2) is 28.0 Å². The summed E-state index contributed by atoms with van der Waals surface area (Å²) in [6.07, 6.45) is 5.49. The highest BCUT2D eigenvalue weighted by Crippen LogP contribution is 2.26. The van der Waals surface area contributed by atoms with Crippen molar-refractivity contribution in [2.45, 2.75) is 12.8 Å². The van der Waals surface area contributed by atoms with Crippen molar-refractivity contribution in [1.29, 1.82) is 0 Å². The molecule has 32 heavy (non-hydrogen) atoms. The number of fused-ring (bicyclic) bond motifs is 1. The smallest absolute Gasteiger partial charge is 0.219 e. The monoisotopic (exact) mass is 421 g/mol. The Hall–Kier alpha value is -3.95. The number of rotatable bonds is 4. The fourth-order valence-electron chi connectivity index (χ4n) is 3.66. The van der Waals surface area contributed by atoms with E-state index < -0.39 is 0 Å². The molecule has 2 aromatic carbocycles. The lowest BCUT2D eigenvalue weighted by Crippen LogP contribution is -2.26. The molecule has 6 nitrogen and oxygen atoms in total. The van der Waals surface area contributed by atoms with Gasteiger partial charge in [-0.25, -0.2) is 15.0 Å². The Morgan fingerprint density at radius 1 is 0.938 bits per heavy atom. The molecule has 0 atom stereocenters. The molecule has 158 valence electrons. The topological polar surface area (TPSA) is 72.0 Å². The number of benzene rings is 2. The third kappa shape index (κ3) is 4.85. The summed E-state index contributed by atoms with van der Waals surface area (Å²) in [5.41, 5.74) is 2.77. The van der Waals surface area contributed by atoms with Crippen LogP contribution in [-0.2, 0) is 0 Å². The second-order valence-electron chi connectivity index (χ2n) is 7.67. The molecule has 4 aromatic rings. The van der Waals surface area contributed by atoms with Gasteiger partial charge in [-0.05, 0) is 74.5 Å². The van der Waals surface area contributed by atoms with Gasteiger partial charge in [-0.2, -0.15) is 0 Å². The normalized spacial score (nSPS) is 13.9. The zero-order valence-corrected chi connectivity index (χ0v) is 17.6. The van der Waals surface area contributed by atoms with Crippen LogP contribution in [0.2, 0.25) is 0 Å². The number of piperidine rings is 1. The number of ether oxygens (including phenoxy) is 1. The van der Waals surface area contributed by atoms with Crippen LogP contribution in [0, 0.1) is 17.8 Å². The van der Waals surface area contributed by atoms with Gasteiger partial charge in [-0.15, -0.1) is 0 Å². The van der Waals surface area contributed by atoms with Crippen molar-refractivity contribution in [3.63, 3.8) is 0 Å². The summed E-state index contributed by atoms with van der Waals surface area (Å²) >= 11 is 0. The van der Waals surface area contributed by atoms with Crippen LogP contribution in [0.5, 0.6) is 11.6 Å². The third-order valence-corrected chi connectivity index (χ3v) is 5.37. The number of anilines is 2. The Bertz CT molecular complexity index is 1260. The molecule has 0 amide bonds. The summed E-state index contributed by atoms with van der Waals surface area (Å²) < 4.78 is 5.76. The maximum atomic E-state index is 5.76. The highest BCUT2D eigenvalue weighted by molar-refractivity contribution is 5.91.